The minimum atomic E-state index is -0.385. The molecule has 1 heterocycles. The molecule has 2 aromatic carbocycles. The van der Waals surface area contributed by atoms with Crippen molar-refractivity contribution in [1.82, 2.24) is 4.90 Å². The fourth-order valence-corrected chi connectivity index (χ4v) is 3.94. The van der Waals surface area contributed by atoms with E-state index in [2.05, 4.69) is 10.6 Å². The summed E-state index contributed by atoms with van der Waals surface area (Å²) in [5.74, 6) is -0.900. The summed E-state index contributed by atoms with van der Waals surface area (Å²) < 4.78 is 0. The summed E-state index contributed by atoms with van der Waals surface area (Å²) in [5, 5.41) is 6.21. The molecule has 3 amide bonds. The number of amides is 3. The first-order valence-corrected chi connectivity index (χ1v) is 10.5. The number of fused-ring (bicyclic) bond motifs is 1. The van der Waals surface area contributed by atoms with Gasteiger partial charge in [-0.25, -0.2) is 0 Å². The first-order chi connectivity index (χ1) is 14.4. The van der Waals surface area contributed by atoms with E-state index in [0.29, 0.717) is 35.1 Å². The van der Waals surface area contributed by atoms with Crippen LogP contribution in [0.25, 0.3) is 0 Å². The Labute approximate surface area is 185 Å². The molecule has 1 aliphatic heterocycles. The maximum atomic E-state index is 12.7. The van der Waals surface area contributed by atoms with Crippen LogP contribution in [0.4, 0.5) is 11.4 Å². The van der Waals surface area contributed by atoms with Gasteiger partial charge in [-0.3, -0.25) is 14.4 Å². The summed E-state index contributed by atoms with van der Waals surface area (Å²) in [7, 11) is 0. The summed E-state index contributed by atoms with van der Waals surface area (Å²) in [6.07, 6.45) is 1.22. The van der Waals surface area contributed by atoms with Gasteiger partial charge in [-0.05, 0) is 43.5 Å². The van der Waals surface area contributed by atoms with Crippen LogP contribution in [0.3, 0.4) is 0 Å². The molecular formula is C22H23Cl2N3O3. The minimum Gasteiger partial charge on any atom is -0.334 e. The minimum absolute atomic E-state index is 0.0735. The highest BCUT2D eigenvalue weighted by molar-refractivity contribution is 6.39. The third kappa shape index (κ3) is 5.32. The van der Waals surface area contributed by atoms with Crippen LogP contribution in [0.5, 0.6) is 0 Å². The molecule has 0 saturated carbocycles. The fourth-order valence-electron chi connectivity index (χ4n) is 3.45. The SMILES string of the molecule is CCN(CC(=O)Nc1c(Cl)cccc1Cl)C(=O)CCC1Cc2ccccc2NC1=O. The lowest BCUT2D eigenvalue weighted by Crippen LogP contribution is -2.38. The molecule has 0 aromatic heterocycles. The van der Waals surface area contributed by atoms with E-state index in [0.717, 1.165) is 11.3 Å². The van der Waals surface area contributed by atoms with Gasteiger partial charge in [0, 0.05) is 24.6 Å². The van der Waals surface area contributed by atoms with Gasteiger partial charge in [0.15, 0.2) is 0 Å². The Bertz CT molecular complexity index is 944. The van der Waals surface area contributed by atoms with Crippen LogP contribution in [0.2, 0.25) is 10.0 Å². The van der Waals surface area contributed by atoms with Gasteiger partial charge in [-0.1, -0.05) is 47.5 Å². The Kier molecular flexibility index (Phi) is 7.34. The third-order valence-corrected chi connectivity index (χ3v) is 5.75. The maximum Gasteiger partial charge on any atom is 0.244 e. The topological polar surface area (TPSA) is 78.5 Å². The molecule has 8 heteroatoms. The zero-order valence-electron chi connectivity index (χ0n) is 16.6. The van der Waals surface area contributed by atoms with E-state index in [-0.39, 0.29) is 36.6 Å². The molecule has 0 aliphatic carbocycles. The van der Waals surface area contributed by atoms with Crippen molar-refractivity contribution in [3.05, 3.63) is 58.1 Å². The molecule has 6 nitrogen and oxygen atoms in total. The second-order valence-corrected chi connectivity index (χ2v) is 7.95. The maximum absolute atomic E-state index is 12.7. The molecule has 1 aliphatic rings. The fraction of sp³-hybridized carbons (Fsp3) is 0.318. The Morgan fingerprint density at radius 2 is 1.83 bits per heavy atom. The molecule has 0 saturated heterocycles. The van der Waals surface area contributed by atoms with Crippen LogP contribution in [-0.2, 0) is 20.8 Å². The molecule has 1 unspecified atom stereocenters. The number of hydrogen-bond acceptors (Lipinski definition) is 3. The van der Waals surface area contributed by atoms with Crippen LogP contribution in [0.15, 0.2) is 42.5 Å². The summed E-state index contributed by atoms with van der Waals surface area (Å²) in [4.78, 5) is 38.8. The van der Waals surface area contributed by atoms with Gasteiger partial charge in [0.1, 0.15) is 0 Å². The van der Waals surface area contributed by atoms with E-state index in [1.165, 1.54) is 4.90 Å². The Hall–Kier alpha value is -2.57. The number of carbonyl (C=O) groups is 3. The normalized spacial score (nSPS) is 15.2. The van der Waals surface area contributed by atoms with Crippen LogP contribution >= 0.6 is 23.2 Å². The highest BCUT2D eigenvalue weighted by Crippen LogP contribution is 2.30. The third-order valence-electron chi connectivity index (χ3n) is 5.12. The lowest BCUT2D eigenvalue weighted by atomic mass is 9.89. The molecular weight excluding hydrogens is 425 g/mol. The van der Waals surface area contributed by atoms with Crippen molar-refractivity contribution in [2.45, 2.75) is 26.2 Å². The molecule has 3 rings (SSSR count). The van der Waals surface area contributed by atoms with Gasteiger partial charge in [-0.2, -0.15) is 0 Å². The van der Waals surface area contributed by atoms with Crippen LogP contribution in [-0.4, -0.2) is 35.7 Å². The Balaban J connectivity index is 1.55. The Morgan fingerprint density at radius 3 is 2.53 bits per heavy atom. The van der Waals surface area contributed by atoms with Gasteiger partial charge in [0.2, 0.25) is 17.7 Å². The van der Waals surface area contributed by atoms with Crippen LogP contribution < -0.4 is 10.6 Å². The smallest absolute Gasteiger partial charge is 0.244 e. The molecule has 0 fully saturated rings. The van der Waals surface area contributed by atoms with E-state index >= 15 is 0 Å². The van der Waals surface area contributed by atoms with E-state index in [1.807, 2.05) is 24.3 Å². The van der Waals surface area contributed by atoms with Gasteiger partial charge in [0.05, 0.1) is 22.3 Å². The van der Waals surface area contributed by atoms with Gasteiger partial charge in [-0.15, -0.1) is 0 Å². The second-order valence-electron chi connectivity index (χ2n) is 7.14. The summed E-state index contributed by atoms with van der Waals surface area (Å²) >= 11 is 12.1. The van der Waals surface area contributed by atoms with E-state index in [1.54, 1.807) is 25.1 Å². The van der Waals surface area contributed by atoms with E-state index in [9.17, 15) is 14.4 Å². The Morgan fingerprint density at radius 1 is 1.13 bits per heavy atom. The number of nitrogens with one attached hydrogen (secondary N) is 2. The number of halogens is 2. The molecule has 0 radical (unpaired) electrons. The monoisotopic (exact) mass is 447 g/mol. The molecule has 2 N–H and O–H groups in total. The number of likely N-dealkylation sites (N-methyl/N-ethyl adjacent to an activating group) is 1. The van der Waals surface area contributed by atoms with Crippen molar-refractivity contribution in [2.75, 3.05) is 23.7 Å². The predicted molar refractivity (Wildman–Crippen MR) is 119 cm³/mol. The summed E-state index contributed by atoms with van der Waals surface area (Å²) in [5.41, 5.74) is 2.22. The van der Waals surface area contributed by atoms with E-state index in [4.69, 9.17) is 23.2 Å². The lowest BCUT2D eigenvalue weighted by molar-refractivity contribution is -0.135. The average molecular weight is 448 g/mol. The number of nitrogens with zero attached hydrogens (tertiary/aromatic N) is 1. The highest BCUT2D eigenvalue weighted by Gasteiger charge is 2.27. The standard InChI is InChI=1S/C22H23Cl2N3O3/c1-2-27(13-19(28)26-21-16(23)7-5-8-17(21)24)20(29)11-10-15-12-14-6-3-4-9-18(14)25-22(15)30/h3-9,15H,2,10-13H2,1H3,(H,25,30)(H,26,28). The van der Waals surface area contributed by atoms with Crippen molar-refractivity contribution >= 4 is 52.3 Å². The number of hydrogen-bond donors (Lipinski definition) is 2. The number of benzene rings is 2. The molecule has 0 bridgehead atoms. The van der Waals surface area contributed by atoms with E-state index < -0.39 is 0 Å². The summed E-state index contributed by atoms with van der Waals surface area (Å²) in [6, 6.07) is 12.6. The zero-order chi connectivity index (χ0) is 21.7. The second kappa shape index (κ2) is 9.96. The number of para-hydroxylation sites is 2. The molecule has 158 valence electrons. The summed E-state index contributed by atoms with van der Waals surface area (Å²) in [6.45, 7) is 2.07. The van der Waals surface area contributed by atoms with Gasteiger partial charge in [0.25, 0.3) is 0 Å². The highest BCUT2D eigenvalue weighted by atomic mass is 35.5. The quantitative estimate of drug-likeness (QED) is 0.660. The van der Waals surface area contributed by atoms with Crippen LogP contribution in [0.1, 0.15) is 25.3 Å². The van der Waals surface area contributed by atoms with Crippen molar-refractivity contribution < 1.29 is 14.4 Å². The van der Waals surface area contributed by atoms with Gasteiger partial charge < -0.3 is 15.5 Å². The van der Waals surface area contributed by atoms with Crippen LogP contribution in [0, 0.1) is 5.92 Å². The molecule has 30 heavy (non-hydrogen) atoms. The zero-order valence-corrected chi connectivity index (χ0v) is 18.1. The predicted octanol–water partition coefficient (Wildman–Crippen LogP) is 4.37. The number of anilines is 2. The van der Waals surface area contributed by atoms with Gasteiger partial charge >= 0.3 is 0 Å². The number of carbonyl (C=O) groups excluding carboxylic acids is 3. The molecule has 0 spiro atoms. The first-order valence-electron chi connectivity index (χ1n) is 9.79. The van der Waals surface area contributed by atoms with Crippen molar-refractivity contribution in [1.29, 1.82) is 0 Å². The van der Waals surface area contributed by atoms with Crippen molar-refractivity contribution in [3.63, 3.8) is 0 Å². The average Bonchev–Trinajstić information content (AvgIpc) is 2.73. The van der Waals surface area contributed by atoms with Crippen molar-refractivity contribution in [3.8, 4) is 0 Å². The lowest BCUT2D eigenvalue weighted by Gasteiger charge is -2.26. The largest absolute Gasteiger partial charge is 0.334 e. The molecule has 1 atom stereocenters. The van der Waals surface area contributed by atoms with Crippen molar-refractivity contribution in [2.24, 2.45) is 5.92 Å². The number of rotatable bonds is 7. The molecule has 2 aromatic rings. The first kappa shape index (κ1) is 22.1.